The number of amides is 1. The van der Waals surface area contributed by atoms with E-state index in [-0.39, 0.29) is 12.5 Å². The lowest BCUT2D eigenvalue weighted by molar-refractivity contribution is 0.0916. The van der Waals surface area contributed by atoms with E-state index in [1.807, 2.05) is 37.3 Å². The Morgan fingerprint density at radius 1 is 1.42 bits per heavy atom. The maximum absolute atomic E-state index is 12.0. The number of nitrogens with one attached hydrogen (secondary N) is 1. The lowest BCUT2D eigenvalue weighted by Crippen LogP contribution is -2.30. The minimum Gasteiger partial charge on any atom is -0.394 e. The second-order valence-electron chi connectivity index (χ2n) is 4.20. The van der Waals surface area contributed by atoms with Gasteiger partial charge >= 0.3 is 0 Å². The Morgan fingerprint density at radius 2 is 2.16 bits per heavy atom. The number of benzene rings is 1. The van der Waals surface area contributed by atoms with Crippen LogP contribution in [0.4, 0.5) is 0 Å². The van der Waals surface area contributed by atoms with Crippen LogP contribution in [0.2, 0.25) is 0 Å². The third kappa shape index (κ3) is 3.20. The Morgan fingerprint density at radius 3 is 2.74 bits per heavy atom. The molecule has 5 nitrogen and oxygen atoms in total. The third-order valence-electron chi connectivity index (χ3n) is 2.91. The van der Waals surface area contributed by atoms with Crippen molar-refractivity contribution in [2.24, 2.45) is 0 Å². The van der Waals surface area contributed by atoms with Crippen LogP contribution in [0.15, 0.2) is 42.7 Å². The number of aliphatic hydroxyl groups excluding tert-OH is 1. The van der Waals surface area contributed by atoms with Crippen LogP contribution in [0.3, 0.4) is 0 Å². The zero-order valence-corrected chi connectivity index (χ0v) is 10.8. The molecule has 0 bridgehead atoms. The monoisotopic (exact) mass is 259 g/mol. The topological polar surface area (TPSA) is 67.2 Å². The fourth-order valence-electron chi connectivity index (χ4n) is 1.82. The molecule has 2 rings (SSSR count). The summed E-state index contributed by atoms with van der Waals surface area (Å²) in [6, 6.07) is 8.98. The van der Waals surface area contributed by atoms with Crippen molar-refractivity contribution in [1.82, 2.24) is 15.1 Å². The van der Waals surface area contributed by atoms with Crippen molar-refractivity contribution in [3.8, 4) is 0 Å². The molecule has 2 N–H and O–H groups in total. The predicted molar refractivity (Wildman–Crippen MR) is 71.6 cm³/mol. The maximum atomic E-state index is 12.0. The molecule has 0 radical (unpaired) electrons. The highest BCUT2D eigenvalue weighted by Crippen LogP contribution is 2.12. The van der Waals surface area contributed by atoms with Gasteiger partial charge in [-0.3, -0.25) is 9.48 Å². The molecule has 1 atom stereocenters. The van der Waals surface area contributed by atoms with Crippen LogP contribution in [0.25, 0.3) is 0 Å². The highest BCUT2D eigenvalue weighted by atomic mass is 16.3. The number of aryl methyl sites for hydroxylation is 1. The van der Waals surface area contributed by atoms with E-state index >= 15 is 0 Å². The van der Waals surface area contributed by atoms with Crippen molar-refractivity contribution >= 4 is 5.91 Å². The molecule has 2 aromatic rings. The highest BCUT2D eigenvalue weighted by molar-refractivity contribution is 5.93. The number of aliphatic hydroxyl groups is 1. The maximum Gasteiger partial charge on any atom is 0.255 e. The highest BCUT2D eigenvalue weighted by Gasteiger charge is 2.15. The van der Waals surface area contributed by atoms with Crippen LogP contribution >= 0.6 is 0 Å². The molecule has 0 saturated carbocycles. The molecule has 0 aliphatic carbocycles. The molecule has 0 aliphatic heterocycles. The molecule has 0 aliphatic rings. The van der Waals surface area contributed by atoms with Gasteiger partial charge in [0.2, 0.25) is 0 Å². The van der Waals surface area contributed by atoms with E-state index < -0.39 is 6.04 Å². The van der Waals surface area contributed by atoms with Gasteiger partial charge in [-0.15, -0.1) is 0 Å². The molecule has 1 aromatic carbocycles. The zero-order valence-electron chi connectivity index (χ0n) is 10.8. The van der Waals surface area contributed by atoms with Gasteiger partial charge in [0.15, 0.2) is 0 Å². The number of nitrogens with zero attached hydrogens (tertiary/aromatic N) is 2. The van der Waals surface area contributed by atoms with Gasteiger partial charge in [-0.25, -0.2) is 0 Å². The lowest BCUT2D eigenvalue weighted by Gasteiger charge is -2.16. The first-order valence-corrected chi connectivity index (χ1v) is 6.23. The summed E-state index contributed by atoms with van der Waals surface area (Å²) in [5.41, 5.74) is 1.37. The van der Waals surface area contributed by atoms with Gasteiger partial charge in [-0.2, -0.15) is 5.10 Å². The first kappa shape index (κ1) is 13.3. The van der Waals surface area contributed by atoms with Crippen molar-refractivity contribution in [1.29, 1.82) is 0 Å². The molecular weight excluding hydrogens is 242 g/mol. The summed E-state index contributed by atoms with van der Waals surface area (Å²) in [5.74, 6) is -0.234. The van der Waals surface area contributed by atoms with Crippen LogP contribution in [0.1, 0.15) is 28.9 Å². The van der Waals surface area contributed by atoms with Gasteiger partial charge in [-0.05, 0) is 12.5 Å². The molecule has 1 heterocycles. The van der Waals surface area contributed by atoms with Crippen LogP contribution in [-0.2, 0) is 6.54 Å². The summed E-state index contributed by atoms with van der Waals surface area (Å²) in [6.45, 7) is 2.53. The minimum absolute atomic E-state index is 0.141. The SMILES string of the molecule is CCn1cc(C(=O)N[C@H](CO)c2ccccc2)cn1. The van der Waals surface area contributed by atoms with E-state index in [2.05, 4.69) is 10.4 Å². The van der Waals surface area contributed by atoms with Gasteiger partial charge in [0.1, 0.15) is 0 Å². The van der Waals surface area contributed by atoms with Gasteiger partial charge in [0.05, 0.1) is 24.4 Å². The van der Waals surface area contributed by atoms with E-state index in [9.17, 15) is 9.90 Å². The van der Waals surface area contributed by atoms with Crippen molar-refractivity contribution in [2.75, 3.05) is 6.61 Å². The number of rotatable bonds is 5. The number of hydrogen-bond acceptors (Lipinski definition) is 3. The Bertz CT molecular complexity index is 537. The molecule has 1 aromatic heterocycles. The summed E-state index contributed by atoms with van der Waals surface area (Å²) in [4.78, 5) is 12.0. The Hall–Kier alpha value is -2.14. The molecular formula is C14H17N3O2. The lowest BCUT2D eigenvalue weighted by atomic mass is 10.1. The van der Waals surface area contributed by atoms with E-state index in [4.69, 9.17) is 0 Å². The second kappa shape index (κ2) is 6.15. The fraction of sp³-hybridized carbons (Fsp3) is 0.286. The summed E-state index contributed by atoms with van der Waals surface area (Å²) in [5, 5.41) is 16.2. The van der Waals surface area contributed by atoms with E-state index in [0.29, 0.717) is 5.56 Å². The average molecular weight is 259 g/mol. The molecule has 1 amide bonds. The second-order valence-corrected chi connectivity index (χ2v) is 4.20. The molecule has 0 spiro atoms. The molecule has 100 valence electrons. The van der Waals surface area contributed by atoms with Crippen LogP contribution in [0.5, 0.6) is 0 Å². The smallest absolute Gasteiger partial charge is 0.255 e. The largest absolute Gasteiger partial charge is 0.394 e. The Balaban J connectivity index is 2.08. The van der Waals surface area contributed by atoms with Crippen LogP contribution in [-0.4, -0.2) is 27.4 Å². The van der Waals surface area contributed by atoms with Crippen molar-refractivity contribution in [3.05, 3.63) is 53.9 Å². The van der Waals surface area contributed by atoms with E-state index in [1.54, 1.807) is 10.9 Å². The van der Waals surface area contributed by atoms with Gasteiger partial charge < -0.3 is 10.4 Å². The fourth-order valence-corrected chi connectivity index (χ4v) is 1.82. The van der Waals surface area contributed by atoms with Gasteiger partial charge in [0.25, 0.3) is 5.91 Å². The normalized spacial score (nSPS) is 12.1. The Kier molecular flexibility index (Phi) is 4.30. The number of carbonyl (C=O) groups is 1. The third-order valence-corrected chi connectivity index (χ3v) is 2.91. The molecule has 0 unspecified atom stereocenters. The molecule has 0 fully saturated rings. The first-order valence-electron chi connectivity index (χ1n) is 6.23. The van der Waals surface area contributed by atoms with Crippen LogP contribution < -0.4 is 5.32 Å². The average Bonchev–Trinajstić information content (AvgIpc) is 2.94. The van der Waals surface area contributed by atoms with Crippen molar-refractivity contribution in [2.45, 2.75) is 19.5 Å². The molecule has 0 saturated heterocycles. The number of hydrogen-bond donors (Lipinski definition) is 2. The Labute approximate surface area is 111 Å². The first-order chi connectivity index (χ1) is 9.24. The van der Waals surface area contributed by atoms with E-state index in [1.165, 1.54) is 6.20 Å². The van der Waals surface area contributed by atoms with Gasteiger partial charge in [0, 0.05) is 12.7 Å². The van der Waals surface area contributed by atoms with Crippen molar-refractivity contribution in [3.63, 3.8) is 0 Å². The summed E-state index contributed by atoms with van der Waals surface area (Å²) in [7, 11) is 0. The standard InChI is InChI=1S/C14H17N3O2/c1-2-17-9-12(8-15-17)14(19)16-13(10-18)11-6-4-3-5-7-11/h3-9,13,18H,2,10H2,1H3,(H,16,19)/t13-/m1/s1. The summed E-state index contributed by atoms with van der Waals surface area (Å²) < 4.78 is 1.69. The quantitative estimate of drug-likeness (QED) is 0.852. The van der Waals surface area contributed by atoms with E-state index in [0.717, 1.165) is 12.1 Å². The minimum atomic E-state index is -0.404. The summed E-state index contributed by atoms with van der Waals surface area (Å²) in [6.07, 6.45) is 3.22. The van der Waals surface area contributed by atoms with Crippen LogP contribution in [0, 0.1) is 0 Å². The zero-order chi connectivity index (χ0) is 13.7. The van der Waals surface area contributed by atoms with Crippen molar-refractivity contribution < 1.29 is 9.90 Å². The number of carbonyl (C=O) groups excluding carboxylic acids is 1. The summed E-state index contributed by atoms with van der Waals surface area (Å²) >= 11 is 0. The molecule has 19 heavy (non-hydrogen) atoms. The number of aromatic nitrogens is 2. The van der Waals surface area contributed by atoms with Gasteiger partial charge in [-0.1, -0.05) is 30.3 Å². The predicted octanol–water partition coefficient (Wildman–Crippen LogP) is 1.37. The molecule has 5 heteroatoms.